The van der Waals surface area contributed by atoms with Gasteiger partial charge in [0.25, 0.3) is 15.9 Å². The predicted molar refractivity (Wildman–Crippen MR) is 136 cm³/mol. The van der Waals surface area contributed by atoms with Gasteiger partial charge in [-0.2, -0.15) is 0 Å². The van der Waals surface area contributed by atoms with Crippen molar-refractivity contribution in [3.8, 4) is 0 Å². The predicted octanol–water partition coefficient (Wildman–Crippen LogP) is 4.85. The number of carbonyl (C=O) groups excluding carboxylic acids is 2. The second-order valence-corrected chi connectivity index (χ2v) is 9.90. The van der Waals surface area contributed by atoms with Crippen LogP contribution < -0.4 is 9.62 Å². The average Bonchev–Trinajstić information content (AvgIpc) is 2.88. The van der Waals surface area contributed by atoms with Crippen LogP contribution in [-0.2, 0) is 19.6 Å². The molecule has 0 aliphatic rings. The third-order valence-corrected chi connectivity index (χ3v) is 7.34. The number of nitrogens with one attached hydrogen (secondary N) is 1. The fraction of sp³-hybridized carbons (Fsp3) is 0.111. The highest BCUT2D eigenvalue weighted by molar-refractivity contribution is 7.92. The van der Waals surface area contributed by atoms with E-state index in [0.717, 1.165) is 10.8 Å². The van der Waals surface area contributed by atoms with Gasteiger partial charge in [-0.25, -0.2) is 13.2 Å². The summed E-state index contributed by atoms with van der Waals surface area (Å²) < 4.78 is 32.2. The van der Waals surface area contributed by atoms with Crippen molar-refractivity contribution in [1.82, 2.24) is 0 Å². The summed E-state index contributed by atoms with van der Waals surface area (Å²) in [4.78, 5) is 25.1. The number of benzene rings is 4. The standard InChI is InChI=1S/C27H24N2O5S/c1-19(26(30)28-23-15-12-20-8-6-7-9-22(20)18-23)34-27(31)21-13-16-25(17-14-21)35(32,33)29(2)24-10-4-3-5-11-24/h3-19H,1-2H3,(H,28,30). The summed E-state index contributed by atoms with van der Waals surface area (Å²) in [6, 6.07) is 27.3. The molecular weight excluding hydrogens is 464 g/mol. The number of rotatable bonds is 7. The number of para-hydroxylation sites is 1. The number of fused-ring (bicyclic) bond motifs is 1. The van der Waals surface area contributed by atoms with Gasteiger partial charge in [-0.15, -0.1) is 0 Å². The van der Waals surface area contributed by atoms with E-state index in [2.05, 4.69) is 5.32 Å². The Morgan fingerprint density at radius 2 is 1.46 bits per heavy atom. The van der Waals surface area contributed by atoms with Crippen molar-refractivity contribution < 1.29 is 22.7 Å². The number of amides is 1. The van der Waals surface area contributed by atoms with E-state index in [0.29, 0.717) is 11.4 Å². The molecule has 0 heterocycles. The number of carbonyl (C=O) groups is 2. The molecule has 0 spiro atoms. The molecule has 0 aliphatic heterocycles. The van der Waals surface area contributed by atoms with Gasteiger partial charge < -0.3 is 10.1 Å². The monoisotopic (exact) mass is 488 g/mol. The second-order valence-electron chi connectivity index (χ2n) is 7.93. The van der Waals surface area contributed by atoms with E-state index < -0.39 is 28.0 Å². The molecule has 1 atom stereocenters. The number of nitrogens with zero attached hydrogens (tertiary/aromatic N) is 1. The van der Waals surface area contributed by atoms with E-state index in [4.69, 9.17) is 4.74 Å². The molecule has 0 aromatic heterocycles. The van der Waals surface area contributed by atoms with Crippen LogP contribution in [0.3, 0.4) is 0 Å². The molecule has 1 unspecified atom stereocenters. The summed E-state index contributed by atoms with van der Waals surface area (Å²) in [6.07, 6.45) is -1.05. The molecule has 0 saturated heterocycles. The van der Waals surface area contributed by atoms with E-state index in [1.807, 2.05) is 36.4 Å². The molecule has 0 aliphatic carbocycles. The molecule has 178 valence electrons. The van der Waals surface area contributed by atoms with Crippen LogP contribution in [0.2, 0.25) is 0 Å². The van der Waals surface area contributed by atoms with Crippen LogP contribution in [0.4, 0.5) is 11.4 Å². The first-order valence-corrected chi connectivity index (χ1v) is 12.3. The lowest BCUT2D eigenvalue weighted by Gasteiger charge is -2.19. The number of sulfonamides is 1. The molecule has 4 aromatic rings. The Kier molecular flexibility index (Phi) is 6.84. The minimum atomic E-state index is -3.80. The number of hydrogen-bond acceptors (Lipinski definition) is 5. The molecule has 4 aromatic carbocycles. The third kappa shape index (κ3) is 5.33. The molecule has 1 amide bonds. The Morgan fingerprint density at radius 1 is 0.829 bits per heavy atom. The van der Waals surface area contributed by atoms with Gasteiger partial charge in [0.2, 0.25) is 0 Å². The lowest BCUT2D eigenvalue weighted by atomic mass is 10.1. The summed E-state index contributed by atoms with van der Waals surface area (Å²) in [6.45, 7) is 1.47. The maximum absolute atomic E-state index is 12.9. The van der Waals surface area contributed by atoms with Crippen LogP contribution in [-0.4, -0.2) is 33.4 Å². The molecule has 1 N–H and O–H groups in total. The Bertz CT molecular complexity index is 1470. The highest BCUT2D eigenvalue weighted by Gasteiger charge is 2.23. The van der Waals surface area contributed by atoms with Crippen LogP contribution in [0, 0.1) is 0 Å². The zero-order chi connectivity index (χ0) is 25.0. The molecule has 0 bridgehead atoms. The van der Waals surface area contributed by atoms with Gasteiger partial charge in [-0.05, 0) is 66.2 Å². The van der Waals surface area contributed by atoms with Crippen molar-refractivity contribution in [2.24, 2.45) is 0 Å². The van der Waals surface area contributed by atoms with Crippen molar-refractivity contribution in [3.63, 3.8) is 0 Å². The quantitative estimate of drug-likeness (QED) is 0.376. The minimum absolute atomic E-state index is 0.0301. The van der Waals surface area contributed by atoms with Gasteiger partial charge in [-0.3, -0.25) is 9.10 Å². The normalized spacial score (nSPS) is 12.1. The first kappa shape index (κ1) is 24.0. The van der Waals surface area contributed by atoms with Gasteiger partial charge in [0.1, 0.15) is 0 Å². The fourth-order valence-electron chi connectivity index (χ4n) is 3.49. The van der Waals surface area contributed by atoms with Crippen molar-refractivity contribution in [2.45, 2.75) is 17.9 Å². The zero-order valence-corrected chi connectivity index (χ0v) is 20.0. The summed E-state index contributed by atoms with van der Waals surface area (Å²) in [5, 5.41) is 4.77. The Hall–Kier alpha value is -4.17. The van der Waals surface area contributed by atoms with Gasteiger partial charge in [0.15, 0.2) is 6.10 Å². The van der Waals surface area contributed by atoms with Gasteiger partial charge in [0, 0.05) is 12.7 Å². The lowest BCUT2D eigenvalue weighted by molar-refractivity contribution is -0.123. The Morgan fingerprint density at radius 3 is 2.14 bits per heavy atom. The highest BCUT2D eigenvalue weighted by atomic mass is 32.2. The lowest BCUT2D eigenvalue weighted by Crippen LogP contribution is -2.30. The summed E-state index contributed by atoms with van der Waals surface area (Å²) in [7, 11) is -2.34. The smallest absolute Gasteiger partial charge is 0.338 e. The molecule has 7 nitrogen and oxygen atoms in total. The second kappa shape index (κ2) is 9.99. The minimum Gasteiger partial charge on any atom is -0.449 e. The van der Waals surface area contributed by atoms with Crippen molar-refractivity contribution in [3.05, 3.63) is 103 Å². The van der Waals surface area contributed by atoms with E-state index in [1.165, 1.54) is 42.5 Å². The topological polar surface area (TPSA) is 92.8 Å². The SMILES string of the molecule is CC(OC(=O)c1ccc(S(=O)(=O)N(C)c2ccccc2)cc1)C(=O)Nc1ccc2ccccc2c1. The molecule has 4 rings (SSSR count). The molecule has 35 heavy (non-hydrogen) atoms. The van der Waals surface area contributed by atoms with Crippen molar-refractivity contribution in [2.75, 3.05) is 16.7 Å². The third-order valence-electron chi connectivity index (χ3n) is 5.54. The van der Waals surface area contributed by atoms with E-state index >= 15 is 0 Å². The van der Waals surface area contributed by atoms with Gasteiger partial charge >= 0.3 is 5.97 Å². The molecule has 8 heteroatoms. The van der Waals surface area contributed by atoms with E-state index in [-0.39, 0.29) is 10.5 Å². The first-order chi connectivity index (χ1) is 16.8. The van der Waals surface area contributed by atoms with Crippen LogP contribution in [0.1, 0.15) is 17.3 Å². The zero-order valence-electron chi connectivity index (χ0n) is 19.2. The number of hydrogen-bond donors (Lipinski definition) is 1. The van der Waals surface area contributed by atoms with E-state index in [1.54, 1.807) is 36.4 Å². The van der Waals surface area contributed by atoms with Crippen molar-refractivity contribution >= 4 is 44.0 Å². The highest BCUT2D eigenvalue weighted by Crippen LogP contribution is 2.22. The van der Waals surface area contributed by atoms with Crippen LogP contribution in [0.25, 0.3) is 10.8 Å². The molecule has 0 saturated carbocycles. The van der Waals surface area contributed by atoms with Crippen LogP contribution in [0.5, 0.6) is 0 Å². The van der Waals surface area contributed by atoms with Gasteiger partial charge in [-0.1, -0.05) is 48.5 Å². The maximum Gasteiger partial charge on any atom is 0.338 e. The van der Waals surface area contributed by atoms with Crippen LogP contribution >= 0.6 is 0 Å². The largest absolute Gasteiger partial charge is 0.449 e. The Balaban J connectivity index is 1.40. The van der Waals surface area contributed by atoms with Crippen molar-refractivity contribution in [1.29, 1.82) is 0 Å². The summed E-state index contributed by atoms with van der Waals surface area (Å²) >= 11 is 0. The summed E-state index contributed by atoms with van der Waals surface area (Å²) in [5.41, 5.74) is 1.24. The summed E-state index contributed by atoms with van der Waals surface area (Å²) in [5.74, 6) is -1.20. The molecular formula is C27H24N2O5S. The molecule has 0 fully saturated rings. The fourth-order valence-corrected chi connectivity index (χ4v) is 4.69. The number of ether oxygens (including phenoxy) is 1. The van der Waals surface area contributed by atoms with E-state index in [9.17, 15) is 18.0 Å². The Labute approximate surface area is 204 Å². The van der Waals surface area contributed by atoms with Gasteiger partial charge in [0.05, 0.1) is 16.1 Å². The first-order valence-electron chi connectivity index (χ1n) is 10.9. The van der Waals surface area contributed by atoms with Crippen LogP contribution in [0.15, 0.2) is 102 Å². The molecule has 0 radical (unpaired) electrons. The number of anilines is 2. The number of esters is 1. The maximum atomic E-state index is 12.9. The average molecular weight is 489 g/mol.